The normalized spacial score (nSPS) is 39.1. The fraction of sp³-hybridized carbons (Fsp3) is 0.714. The van der Waals surface area contributed by atoms with E-state index in [9.17, 15) is 0 Å². The van der Waals surface area contributed by atoms with E-state index >= 15 is 0 Å². The van der Waals surface area contributed by atoms with Gasteiger partial charge in [-0.05, 0) is 43.4 Å². The van der Waals surface area contributed by atoms with Crippen molar-refractivity contribution in [2.45, 2.75) is 46.0 Å². The second kappa shape index (κ2) is 2.53. The Kier molecular flexibility index (Phi) is 1.59. The van der Waals surface area contributed by atoms with E-state index in [4.69, 9.17) is 0 Å². The summed E-state index contributed by atoms with van der Waals surface area (Å²) in [7, 11) is 0. The summed E-state index contributed by atoms with van der Waals surface area (Å²) in [6.45, 7) is 9.24. The minimum Gasteiger partial charge on any atom is -0.0992 e. The largest absolute Gasteiger partial charge is 0.0992 e. The minimum atomic E-state index is 0.500. The van der Waals surface area contributed by atoms with Crippen LogP contribution in [0.1, 0.15) is 46.0 Å². The molecule has 1 saturated carbocycles. The molecule has 0 heterocycles. The Morgan fingerprint density at radius 2 is 1.86 bits per heavy atom. The van der Waals surface area contributed by atoms with Crippen molar-refractivity contribution in [1.29, 1.82) is 0 Å². The molecule has 0 aromatic rings. The van der Waals surface area contributed by atoms with Crippen molar-refractivity contribution in [2.24, 2.45) is 17.3 Å². The first-order valence-electron chi connectivity index (χ1n) is 6.02. The molecule has 0 N–H and O–H groups in total. The van der Waals surface area contributed by atoms with Gasteiger partial charge in [-0.15, -0.1) is 0 Å². The molecule has 0 saturated heterocycles. The van der Waals surface area contributed by atoms with Crippen LogP contribution in [-0.4, -0.2) is 0 Å². The van der Waals surface area contributed by atoms with E-state index in [0.717, 1.165) is 11.8 Å². The maximum Gasteiger partial charge on any atom is 0.00640 e. The third-order valence-corrected chi connectivity index (χ3v) is 4.88. The van der Waals surface area contributed by atoms with Crippen LogP contribution in [0.15, 0.2) is 23.3 Å². The van der Waals surface area contributed by atoms with Crippen LogP contribution < -0.4 is 0 Å². The van der Waals surface area contributed by atoms with Crippen LogP contribution in [0.25, 0.3) is 0 Å². The molecular formula is C14H20. The van der Waals surface area contributed by atoms with Crippen LogP contribution in [0.5, 0.6) is 0 Å². The van der Waals surface area contributed by atoms with Gasteiger partial charge in [0.2, 0.25) is 0 Å². The number of rotatable bonds is 0. The van der Waals surface area contributed by atoms with Gasteiger partial charge in [0.05, 0.1) is 0 Å². The fourth-order valence-electron chi connectivity index (χ4n) is 4.41. The van der Waals surface area contributed by atoms with Crippen LogP contribution in [0, 0.1) is 17.3 Å². The minimum absolute atomic E-state index is 0.500. The van der Waals surface area contributed by atoms with E-state index in [0.29, 0.717) is 5.41 Å². The molecular weight excluding hydrogens is 168 g/mol. The van der Waals surface area contributed by atoms with Crippen molar-refractivity contribution < 1.29 is 0 Å². The maximum atomic E-state index is 4.31. The Morgan fingerprint density at radius 1 is 1.14 bits per heavy atom. The van der Waals surface area contributed by atoms with E-state index in [1.165, 1.54) is 37.7 Å². The summed E-state index contributed by atoms with van der Waals surface area (Å²) in [5, 5.41) is 0. The van der Waals surface area contributed by atoms with Crippen molar-refractivity contribution in [3.8, 4) is 0 Å². The van der Waals surface area contributed by atoms with Gasteiger partial charge in [0.25, 0.3) is 0 Å². The van der Waals surface area contributed by atoms with Gasteiger partial charge in [0, 0.05) is 5.92 Å². The first-order valence-corrected chi connectivity index (χ1v) is 6.02. The molecule has 0 aromatic carbocycles. The highest BCUT2D eigenvalue weighted by Crippen LogP contribution is 2.63. The second-order valence-electron chi connectivity index (χ2n) is 5.91. The van der Waals surface area contributed by atoms with Crippen molar-refractivity contribution >= 4 is 0 Å². The number of fused-ring (bicyclic) bond motifs is 4. The van der Waals surface area contributed by atoms with Gasteiger partial charge in [-0.1, -0.05) is 37.1 Å². The number of allylic oxidation sites excluding steroid dienone is 3. The highest BCUT2D eigenvalue weighted by molar-refractivity contribution is 5.41. The standard InChI is InChI=1S/C14H20/c1-9-7-8-12-10-5-4-6-11(10)13(9)14(12,2)3/h12-13H,1,4-8H2,2-3H3/t12-,13+/m0/s1. The molecule has 0 aromatic heterocycles. The van der Waals surface area contributed by atoms with Crippen LogP contribution in [-0.2, 0) is 0 Å². The molecule has 0 unspecified atom stereocenters. The van der Waals surface area contributed by atoms with Gasteiger partial charge in [-0.3, -0.25) is 0 Å². The lowest BCUT2D eigenvalue weighted by molar-refractivity contribution is 0.170. The lowest BCUT2D eigenvalue weighted by Crippen LogP contribution is -2.33. The van der Waals surface area contributed by atoms with E-state index < -0.39 is 0 Å². The summed E-state index contributed by atoms with van der Waals surface area (Å²) in [6.07, 6.45) is 6.85. The summed E-state index contributed by atoms with van der Waals surface area (Å²) < 4.78 is 0. The van der Waals surface area contributed by atoms with Crippen LogP contribution in [0.3, 0.4) is 0 Å². The smallest absolute Gasteiger partial charge is 0.00640 e. The van der Waals surface area contributed by atoms with E-state index in [2.05, 4.69) is 20.4 Å². The topological polar surface area (TPSA) is 0 Å². The van der Waals surface area contributed by atoms with Gasteiger partial charge < -0.3 is 0 Å². The fourth-order valence-corrected chi connectivity index (χ4v) is 4.41. The van der Waals surface area contributed by atoms with E-state index in [1.54, 1.807) is 0 Å². The average molecular weight is 188 g/mol. The number of hydrogen-bond donors (Lipinski definition) is 0. The van der Waals surface area contributed by atoms with Gasteiger partial charge in [-0.2, -0.15) is 0 Å². The monoisotopic (exact) mass is 188 g/mol. The molecule has 0 heteroatoms. The van der Waals surface area contributed by atoms with Crippen molar-refractivity contribution in [1.82, 2.24) is 0 Å². The van der Waals surface area contributed by atoms with Crippen LogP contribution in [0.4, 0.5) is 0 Å². The Hall–Kier alpha value is -0.520. The van der Waals surface area contributed by atoms with Crippen molar-refractivity contribution in [2.75, 3.05) is 0 Å². The quantitative estimate of drug-likeness (QED) is 0.502. The average Bonchev–Trinajstić information content (AvgIpc) is 2.55. The molecule has 0 aliphatic heterocycles. The molecule has 0 amide bonds. The molecule has 1 fully saturated rings. The summed E-state index contributed by atoms with van der Waals surface area (Å²) >= 11 is 0. The van der Waals surface area contributed by atoms with Gasteiger partial charge >= 0.3 is 0 Å². The Balaban J connectivity index is 2.12. The predicted octanol–water partition coefficient (Wildman–Crippen LogP) is 4.09. The van der Waals surface area contributed by atoms with Gasteiger partial charge in [0.1, 0.15) is 0 Å². The summed E-state index contributed by atoms with van der Waals surface area (Å²) in [5.74, 6) is 1.65. The Labute approximate surface area is 87.1 Å². The number of hydrogen-bond acceptors (Lipinski definition) is 0. The highest BCUT2D eigenvalue weighted by Gasteiger charge is 2.52. The van der Waals surface area contributed by atoms with Gasteiger partial charge in [-0.25, -0.2) is 0 Å². The molecule has 2 bridgehead atoms. The highest BCUT2D eigenvalue weighted by atomic mass is 14.6. The van der Waals surface area contributed by atoms with Gasteiger partial charge in [0.15, 0.2) is 0 Å². The molecule has 0 nitrogen and oxygen atoms in total. The van der Waals surface area contributed by atoms with E-state index in [1.807, 2.05) is 11.1 Å². The lowest BCUT2D eigenvalue weighted by Gasteiger charge is -2.42. The first-order chi connectivity index (χ1) is 6.62. The molecule has 2 atom stereocenters. The molecule has 3 aliphatic rings. The Bertz CT molecular complexity index is 330. The molecule has 3 aliphatic carbocycles. The molecule has 76 valence electrons. The maximum absolute atomic E-state index is 4.31. The second-order valence-corrected chi connectivity index (χ2v) is 5.91. The van der Waals surface area contributed by atoms with Crippen molar-refractivity contribution in [3.05, 3.63) is 23.3 Å². The SMILES string of the molecule is C=C1CC[C@H]2C3=C(CCC3)[C@@H]1C2(C)C. The third kappa shape index (κ3) is 0.852. The van der Waals surface area contributed by atoms with Crippen LogP contribution >= 0.6 is 0 Å². The summed E-state index contributed by atoms with van der Waals surface area (Å²) in [5.41, 5.74) is 5.68. The van der Waals surface area contributed by atoms with Crippen LogP contribution in [0.2, 0.25) is 0 Å². The summed E-state index contributed by atoms with van der Waals surface area (Å²) in [4.78, 5) is 0. The zero-order valence-electron chi connectivity index (χ0n) is 9.40. The van der Waals surface area contributed by atoms with Crippen molar-refractivity contribution in [3.63, 3.8) is 0 Å². The third-order valence-electron chi connectivity index (χ3n) is 4.88. The zero-order valence-corrected chi connectivity index (χ0v) is 9.40. The molecule has 0 radical (unpaired) electrons. The molecule has 3 rings (SSSR count). The predicted molar refractivity (Wildman–Crippen MR) is 60.0 cm³/mol. The first kappa shape index (κ1) is 8.76. The molecule has 0 spiro atoms. The Morgan fingerprint density at radius 3 is 2.64 bits per heavy atom. The molecule has 14 heavy (non-hydrogen) atoms. The van der Waals surface area contributed by atoms with E-state index in [-0.39, 0.29) is 0 Å². The lowest BCUT2D eigenvalue weighted by atomic mass is 9.62. The summed E-state index contributed by atoms with van der Waals surface area (Å²) in [6, 6.07) is 0. The zero-order chi connectivity index (χ0) is 9.92.